The van der Waals surface area contributed by atoms with Crippen LogP contribution in [0.15, 0.2) is 18.2 Å². The highest BCUT2D eigenvalue weighted by Gasteiger charge is 2.11. The predicted molar refractivity (Wildman–Crippen MR) is 67.8 cm³/mol. The van der Waals surface area contributed by atoms with Crippen LogP contribution in [0.3, 0.4) is 0 Å². The van der Waals surface area contributed by atoms with Crippen molar-refractivity contribution in [3.8, 4) is 5.75 Å². The van der Waals surface area contributed by atoms with Crippen molar-refractivity contribution < 1.29 is 14.6 Å². The Kier molecular flexibility index (Phi) is 5.29. The van der Waals surface area contributed by atoms with Crippen LogP contribution in [0, 0.1) is 6.92 Å². The third kappa shape index (κ3) is 4.27. The van der Waals surface area contributed by atoms with Gasteiger partial charge in [0.2, 0.25) is 0 Å². The molecule has 1 N–H and O–H groups in total. The highest BCUT2D eigenvalue weighted by molar-refractivity contribution is 6.20. The Morgan fingerprint density at radius 2 is 2.24 bits per heavy atom. The molecule has 3 nitrogen and oxygen atoms in total. The van der Waals surface area contributed by atoms with Crippen molar-refractivity contribution in [1.82, 2.24) is 0 Å². The number of alkyl halides is 1. The summed E-state index contributed by atoms with van der Waals surface area (Å²) in [6.07, 6.45) is 1.43. The van der Waals surface area contributed by atoms with Crippen molar-refractivity contribution in [2.24, 2.45) is 0 Å². The molecule has 0 bridgehead atoms. The van der Waals surface area contributed by atoms with E-state index in [1.165, 1.54) is 0 Å². The van der Waals surface area contributed by atoms with Gasteiger partial charge in [-0.1, -0.05) is 6.07 Å². The fraction of sp³-hybridized carbons (Fsp3) is 0.462. The highest BCUT2D eigenvalue weighted by Crippen LogP contribution is 2.30. The van der Waals surface area contributed by atoms with Gasteiger partial charge in [0.15, 0.2) is 0 Å². The molecule has 4 heteroatoms. The van der Waals surface area contributed by atoms with Crippen LogP contribution in [0.1, 0.15) is 35.8 Å². The Bertz CT molecular complexity index is 390. The number of aryl methyl sites for hydroxylation is 1. The number of halogens is 1. The van der Waals surface area contributed by atoms with Gasteiger partial charge in [-0.25, -0.2) is 0 Å². The lowest BCUT2D eigenvalue weighted by Gasteiger charge is -2.13. The second kappa shape index (κ2) is 6.50. The van der Waals surface area contributed by atoms with E-state index in [1.807, 2.05) is 25.1 Å². The van der Waals surface area contributed by atoms with Crippen molar-refractivity contribution >= 4 is 17.6 Å². The number of rotatable bonds is 6. The first kappa shape index (κ1) is 13.8. The van der Waals surface area contributed by atoms with Gasteiger partial charge in [-0.2, -0.15) is 0 Å². The molecule has 1 rings (SSSR count). The molecule has 0 saturated carbocycles. The van der Waals surface area contributed by atoms with E-state index >= 15 is 0 Å². The zero-order chi connectivity index (χ0) is 12.8. The van der Waals surface area contributed by atoms with E-state index in [-0.39, 0.29) is 11.8 Å². The molecule has 1 unspecified atom stereocenters. The minimum Gasteiger partial charge on any atom is -0.497 e. The lowest BCUT2D eigenvalue weighted by Crippen LogP contribution is -1.98. The highest BCUT2D eigenvalue weighted by atomic mass is 35.5. The largest absolute Gasteiger partial charge is 0.497 e. The first-order chi connectivity index (χ1) is 8.04. The van der Waals surface area contributed by atoms with Gasteiger partial charge in [-0.3, -0.25) is 4.79 Å². The number of benzene rings is 1. The number of hydrogen-bond donors (Lipinski definition) is 1. The van der Waals surface area contributed by atoms with Crippen LogP contribution in [0.5, 0.6) is 5.75 Å². The Morgan fingerprint density at radius 3 is 2.76 bits per heavy atom. The molecule has 1 atom stereocenters. The second-order valence-electron chi connectivity index (χ2n) is 3.98. The summed E-state index contributed by atoms with van der Waals surface area (Å²) in [5.74, 6) is 0.0287. The maximum atomic E-state index is 10.4. The minimum atomic E-state index is -0.777. The molecule has 0 aliphatic rings. The molecule has 0 aromatic heterocycles. The Hall–Kier alpha value is -1.22. The molecule has 0 aliphatic carbocycles. The summed E-state index contributed by atoms with van der Waals surface area (Å²) in [5, 5.41) is 8.42. The molecule has 0 heterocycles. The molecule has 0 radical (unpaired) electrons. The van der Waals surface area contributed by atoms with Crippen LogP contribution in [0.4, 0.5) is 0 Å². The summed E-state index contributed by atoms with van der Waals surface area (Å²) in [4.78, 5) is 10.4. The maximum absolute atomic E-state index is 10.4. The van der Waals surface area contributed by atoms with Gasteiger partial charge < -0.3 is 9.84 Å². The molecule has 0 spiro atoms. The smallest absolute Gasteiger partial charge is 0.303 e. The molecular formula is C13H17ClO3. The zero-order valence-electron chi connectivity index (χ0n) is 10.1. The van der Waals surface area contributed by atoms with Crippen LogP contribution in [0.25, 0.3) is 0 Å². The van der Waals surface area contributed by atoms with Crippen LogP contribution < -0.4 is 4.74 Å². The quantitative estimate of drug-likeness (QED) is 0.792. The zero-order valence-corrected chi connectivity index (χ0v) is 10.8. The van der Waals surface area contributed by atoms with E-state index in [2.05, 4.69) is 0 Å². The number of carboxylic acid groups (broad SMARTS) is 1. The summed E-state index contributed by atoms with van der Waals surface area (Å²) in [7, 11) is 1.62. The lowest BCUT2D eigenvalue weighted by atomic mass is 10.0. The van der Waals surface area contributed by atoms with E-state index in [4.69, 9.17) is 21.4 Å². The molecule has 94 valence electrons. The van der Waals surface area contributed by atoms with Crippen LogP contribution >= 0.6 is 11.6 Å². The van der Waals surface area contributed by atoms with Gasteiger partial charge in [0.25, 0.3) is 0 Å². The molecular weight excluding hydrogens is 240 g/mol. The fourth-order valence-corrected chi connectivity index (χ4v) is 2.11. The van der Waals surface area contributed by atoms with Crippen molar-refractivity contribution in [2.75, 3.05) is 7.11 Å². The molecule has 1 aromatic carbocycles. The van der Waals surface area contributed by atoms with Gasteiger partial charge in [0.1, 0.15) is 5.75 Å². The van der Waals surface area contributed by atoms with Gasteiger partial charge >= 0.3 is 5.97 Å². The number of aliphatic carboxylic acids is 1. The van der Waals surface area contributed by atoms with Gasteiger partial charge in [0, 0.05) is 6.42 Å². The number of methoxy groups -OCH3 is 1. The van der Waals surface area contributed by atoms with Crippen LogP contribution in [0.2, 0.25) is 0 Å². The predicted octanol–water partition coefficient (Wildman–Crippen LogP) is 3.54. The average Bonchev–Trinajstić information content (AvgIpc) is 2.28. The van der Waals surface area contributed by atoms with Gasteiger partial charge in [-0.15, -0.1) is 11.6 Å². The number of hydrogen-bond acceptors (Lipinski definition) is 2. The van der Waals surface area contributed by atoms with E-state index < -0.39 is 5.97 Å². The Labute approximate surface area is 106 Å². The van der Waals surface area contributed by atoms with Gasteiger partial charge in [0.05, 0.1) is 12.5 Å². The van der Waals surface area contributed by atoms with E-state index in [0.717, 1.165) is 16.9 Å². The SMILES string of the molecule is COc1ccc(C(Cl)CCCC(=O)O)c(C)c1. The molecule has 0 saturated heterocycles. The molecule has 17 heavy (non-hydrogen) atoms. The number of carboxylic acids is 1. The van der Waals surface area contributed by atoms with Crippen LogP contribution in [-0.4, -0.2) is 18.2 Å². The van der Waals surface area contributed by atoms with E-state index in [9.17, 15) is 4.79 Å². The minimum absolute atomic E-state index is 0.139. The average molecular weight is 257 g/mol. The first-order valence-corrected chi connectivity index (χ1v) is 5.98. The van der Waals surface area contributed by atoms with Crippen molar-refractivity contribution in [2.45, 2.75) is 31.6 Å². The molecule has 0 aliphatic heterocycles. The summed E-state index contributed by atoms with van der Waals surface area (Å²) < 4.78 is 5.12. The molecule has 1 aromatic rings. The summed E-state index contributed by atoms with van der Waals surface area (Å²) in [6.45, 7) is 1.98. The normalized spacial score (nSPS) is 12.2. The van der Waals surface area contributed by atoms with Crippen LogP contribution in [-0.2, 0) is 4.79 Å². The summed E-state index contributed by atoms with van der Waals surface area (Å²) >= 11 is 6.26. The van der Waals surface area contributed by atoms with Crippen molar-refractivity contribution in [3.63, 3.8) is 0 Å². The third-order valence-corrected chi connectivity index (χ3v) is 3.12. The summed E-state index contributed by atoms with van der Waals surface area (Å²) in [5.41, 5.74) is 2.11. The maximum Gasteiger partial charge on any atom is 0.303 e. The molecule has 0 fully saturated rings. The summed E-state index contributed by atoms with van der Waals surface area (Å²) in [6, 6.07) is 5.74. The number of ether oxygens (including phenoxy) is 1. The third-order valence-electron chi connectivity index (χ3n) is 2.66. The second-order valence-corrected chi connectivity index (χ2v) is 4.50. The van der Waals surface area contributed by atoms with Crippen molar-refractivity contribution in [3.05, 3.63) is 29.3 Å². The first-order valence-electron chi connectivity index (χ1n) is 5.55. The molecule has 0 amide bonds. The van der Waals surface area contributed by atoms with E-state index in [0.29, 0.717) is 12.8 Å². The Balaban J connectivity index is 2.62. The topological polar surface area (TPSA) is 46.5 Å². The Morgan fingerprint density at radius 1 is 1.53 bits per heavy atom. The number of carbonyl (C=O) groups is 1. The van der Waals surface area contributed by atoms with Crippen molar-refractivity contribution in [1.29, 1.82) is 0 Å². The monoisotopic (exact) mass is 256 g/mol. The standard InChI is InChI=1S/C13H17ClO3/c1-9-8-10(17-2)6-7-11(9)12(14)4-3-5-13(15)16/h6-8,12H,3-5H2,1-2H3,(H,15,16). The van der Waals surface area contributed by atoms with E-state index in [1.54, 1.807) is 7.11 Å². The van der Waals surface area contributed by atoms with Gasteiger partial charge in [-0.05, 0) is 43.0 Å². The fourth-order valence-electron chi connectivity index (χ4n) is 1.71. The lowest BCUT2D eigenvalue weighted by molar-refractivity contribution is -0.137.